The molecule has 19 heavy (non-hydrogen) atoms. The molecular weight excluding hydrogens is 243 g/mol. The summed E-state index contributed by atoms with van der Waals surface area (Å²) in [6, 6.07) is 14.2. The van der Waals surface area contributed by atoms with Crippen molar-refractivity contribution < 1.29 is 9.18 Å². The fourth-order valence-corrected chi connectivity index (χ4v) is 1.83. The number of amides is 1. The number of carbonyl (C=O) groups excluding carboxylic acids is 1. The van der Waals surface area contributed by atoms with E-state index < -0.39 is 0 Å². The van der Waals surface area contributed by atoms with Crippen LogP contribution in [0.15, 0.2) is 48.5 Å². The predicted molar refractivity (Wildman–Crippen MR) is 72.7 cm³/mol. The van der Waals surface area contributed by atoms with E-state index >= 15 is 0 Å². The Morgan fingerprint density at radius 2 is 1.79 bits per heavy atom. The fraction of sp³-hybridized carbons (Fsp3) is 0.133. The Kier molecular flexibility index (Phi) is 4.26. The van der Waals surface area contributed by atoms with Gasteiger partial charge >= 0.3 is 0 Å². The van der Waals surface area contributed by atoms with E-state index in [4.69, 9.17) is 5.73 Å². The van der Waals surface area contributed by atoms with E-state index in [0.29, 0.717) is 12.1 Å². The molecule has 1 amide bonds. The first-order valence-electron chi connectivity index (χ1n) is 5.99. The molecule has 2 rings (SSSR count). The van der Waals surface area contributed by atoms with Crippen molar-refractivity contribution in [3.63, 3.8) is 0 Å². The summed E-state index contributed by atoms with van der Waals surface area (Å²) in [6.07, 6.45) is 0. The molecule has 0 aromatic heterocycles. The number of carbonyl (C=O) groups is 1. The standard InChI is InChI=1S/C15H15FN2O/c16-14-4-2-1-3-13(14)12-7-5-11(6-8-12)9-18-10-15(17)19/h1-8,18H,9-10H2,(H2,17,19). The zero-order chi connectivity index (χ0) is 13.7. The third-order valence-electron chi connectivity index (χ3n) is 2.77. The minimum Gasteiger partial charge on any atom is -0.369 e. The molecule has 0 bridgehead atoms. The van der Waals surface area contributed by atoms with Gasteiger partial charge in [0.1, 0.15) is 5.82 Å². The molecule has 2 aromatic rings. The van der Waals surface area contributed by atoms with Gasteiger partial charge in [0.25, 0.3) is 0 Å². The molecular formula is C15H15FN2O. The highest BCUT2D eigenvalue weighted by Gasteiger charge is 2.03. The first-order chi connectivity index (χ1) is 9.16. The van der Waals surface area contributed by atoms with Gasteiger partial charge in [0.05, 0.1) is 6.54 Å². The van der Waals surface area contributed by atoms with Crippen molar-refractivity contribution in [2.45, 2.75) is 6.54 Å². The summed E-state index contributed by atoms with van der Waals surface area (Å²) in [6.45, 7) is 0.704. The molecule has 3 N–H and O–H groups in total. The van der Waals surface area contributed by atoms with E-state index in [9.17, 15) is 9.18 Å². The van der Waals surface area contributed by atoms with E-state index in [2.05, 4.69) is 5.32 Å². The van der Waals surface area contributed by atoms with Crippen LogP contribution in [0.2, 0.25) is 0 Å². The van der Waals surface area contributed by atoms with Gasteiger partial charge in [-0.3, -0.25) is 4.79 Å². The lowest BCUT2D eigenvalue weighted by Gasteiger charge is -2.06. The minimum atomic E-state index is -0.386. The summed E-state index contributed by atoms with van der Waals surface area (Å²) in [5, 5.41) is 2.92. The van der Waals surface area contributed by atoms with E-state index in [1.807, 2.05) is 24.3 Å². The molecule has 98 valence electrons. The summed E-state index contributed by atoms with van der Waals surface area (Å²) in [5.74, 6) is -0.620. The summed E-state index contributed by atoms with van der Waals surface area (Å²) in [5.41, 5.74) is 7.46. The van der Waals surface area contributed by atoms with Crippen molar-refractivity contribution in [2.24, 2.45) is 5.73 Å². The van der Waals surface area contributed by atoms with Crippen LogP contribution in [0.1, 0.15) is 5.56 Å². The molecule has 0 unspecified atom stereocenters. The first kappa shape index (κ1) is 13.2. The molecule has 0 saturated carbocycles. The van der Waals surface area contributed by atoms with Crippen molar-refractivity contribution in [3.05, 3.63) is 59.9 Å². The van der Waals surface area contributed by atoms with Crippen LogP contribution in [-0.2, 0) is 11.3 Å². The lowest BCUT2D eigenvalue weighted by Crippen LogP contribution is -2.28. The average Bonchev–Trinajstić information content (AvgIpc) is 2.40. The number of nitrogens with two attached hydrogens (primary N) is 1. The van der Waals surface area contributed by atoms with Crippen LogP contribution < -0.4 is 11.1 Å². The van der Waals surface area contributed by atoms with Gasteiger partial charge in [-0.25, -0.2) is 4.39 Å². The first-order valence-corrected chi connectivity index (χ1v) is 5.99. The topological polar surface area (TPSA) is 55.1 Å². The number of halogens is 1. The van der Waals surface area contributed by atoms with Crippen LogP contribution in [0.5, 0.6) is 0 Å². The summed E-state index contributed by atoms with van der Waals surface area (Å²) in [4.78, 5) is 10.6. The van der Waals surface area contributed by atoms with Gasteiger partial charge in [-0.15, -0.1) is 0 Å². The monoisotopic (exact) mass is 258 g/mol. The molecule has 0 atom stereocenters. The van der Waals surface area contributed by atoms with Gasteiger partial charge in [-0.1, -0.05) is 42.5 Å². The number of rotatable bonds is 5. The Hall–Kier alpha value is -2.20. The molecule has 2 aromatic carbocycles. The summed E-state index contributed by atoms with van der Waals surface area (Å²) >= 11 is 0. The second-order valence-corrected chi connectivity index (χ2v) is 4.25. The lowest BCUT2D eigenvalue weighted by molar-refractivity contribution is -0.117. The number of hydrogen-bond donors (Lipinski definition) is 2. The quantitative estimate of drug-likeness (QED) is 0.862. The predicted octanol–water partition coefficient (Wildman–Crippen LogP) is 2.07. The molecule has 0 aliphatic rings. The normalized spacial score (nSPS) is 10.4. The van der Waals surface area contributed by atoms with E-state index in [-0.39, 0.29) is 18.3 Å². The average molecular weight is 258 g/mol. The second-order valence-electron chi connectivity index (χ2n) is 4.25. The molecule has 0 heterocycles. The van der Waals surface area contributed by atoms with Crippen molar-refractivity contribution >= 4 is 5.91 Å². The third-order valence-corrected chi connectivity index (χ3v) is 2.77. The zero-order valence-corrected chi connectivity index (χ0v) is 10.4. The molecule has 0 aliphatic heterocycles. The number of primary amides is 1. The van der Waals surface area contributed by atoms with Crippen LogP contribution in [0.3, 0.4) is 0 Å². The SMILES string of the molecule is NC(=O)CNCc1ccc(-c2ccccc2F)cc1. The van der Waals surface area contributed by atoms with Crippen molar-refractivity contribution in [2.75, 3.05) is 6.54 Å². The molecule has 0 spiro atoms. The van der Waals surface area contributed by atoms with Gasteiger partial charge < -0.3 is 11.1 Å². The Bertz CT molecular complexity index is 567. The maximum Gasteiger partial charge on any atom is 0.231 e. The number of nitrogens with one attached hydrogen (secondary N) is 1. The minimum absolute atomic E-state index is 0.148. The van der Waals surface area contributed by atoms with Crippen LogP contribution in [0.25, 0.3) is 11.1 Å². The number of benzene rings is 2. The summed E-state index contributed by atoms with van der Waals surface area (Å²) < 4.78 is 13.6. The van der Waals surface area contributed by atoms with Gasteiger partial charge in [0.2, 0.25) is 5.91 Å². The molecule has 0 radical (unpaired) electrons. The smallest absolute Gasteiger partial charge is 0.231 e. The Morgan fingerprint density at radius 1 is 1.11 bits per heavy atom. The van der Waals surface area contributed by atoms with Gasteiger partial charge in [-0.2, -0.15) is 0 Å². The zero-order valence-electron chi connectivity index (χ0n) is 10.4. The van der Waals surface area contributed by atoms with Crippen LogP contribution in [-0.4, -0.2) is 12.5 Å². The van der Waals surface area contributed by atoms with E-state index in [1.54, 1.807) is 18.2 Å². The van der Waals surface area contributed by atoms with Gasteiger partial charge in [0.15, 0.2) is 0 Å². The van der Waals surface area contributed by atoms with Crippen LogP contribution >= 0.6 is 0 Å². The maximum atomic E-state index is 13.6. The molecule has 0 fully saturated rings. The van der Waals surface area contributed by atoms with E-state index in [0.717, 1.165) is 11.1 Å². The Labute approximate surface area is 111 Å². The van der Waals surface area contributed by atoms with Crippen LogP contribution in [0, 0.1) is 5.82 Å². The molecule has 0 saturated heterocycles. The molecule has 0 aliphatic carbocycles. The highest BCUT2D eigenvalue weighted by Crippen LogP contribution is 2.22. The molecule has 3 nitrogen and oxygen atoms in total. The van der Waals surface area contributed by atoms with E-state index in [1.165, 1.54) is 6.07 Å². The summed E-state index contributed by atoms with van der Waals surface area (Å²) in [7, 11) is 0. The Morgan fingerprint density at radius 3 is 2.42 bits per heavy atom. The third kappa shape index (κ3) is 3.63. The van der Waals surface area contributed by atoms with Crippen molar-refractivity contribution in [1.82, 2.24) is 5.32 Å². The lowest BCUT2D eigenvalue weighted by atomic mass is 10.0. The van der Waals surface area contributed by atoms with Gasteiger partial charge in [0, 0.05) is 12.1 Å². The molecule has 4 heteroatoms. The highest BCUT2D eigenvalue weighted by molar-refractivity contribution is 5.75. The van der Waals surface area contributed by atoms with Crippen LogP contribution in [0.4, 0.5) is 4.39 Å². The largest absolute Gasteiger partial charge is 0.369 e. The highest BCUT2D eigenvalue weighted by atomic mass is 19.1. The van der Waals surface area contributed by atoms with Crippen molar-refractivity contribution in [3.8, 4) is 11.1 Å². The number of hydrogen-bond acceptors (Lipinski definition) is 2. The van der Waals surface area contributed by atoms with Crippen molar-refractivity contribution in [1.29, 1.82) is 0 Å². The maximum absolute atomic E-state index is 13.6. The fourth-order valence-electron chi connectivity index (χ4n) is 1.83. The van der Waals surface area contributed by atoms with Gasteiger partial charge in [-0.05, 0) is 17.2 Å². The Balaban J connectivity index is 2.06. The second kappa shape index (κ2) is 6.11.